The number of H-pyrrole nitrogens is 1. The van der Waals surface area contributed by atoms with E-state index < -0.39 is 0 Å². The Balaban J connectivity index is 1.12. The first-order valence-electron chi connectivity index (χ1n) is 11.7. The Morgan fingerprint density at radius 3 is 2.68 bits per heavy atom. The molecule has 0 saturated carbocycles. The smallest absolute Gasteiger partial charge is 0.181 e. The quantitative estimate of drug-likeness (QED) is 0.414. The van der Waals surface area contributed by atoms with Gasteiger partial charge in [-0.15, -0.1) is 0 Å². The molecule has 2 saturated heterocycles. The number of nitrogens with zero attached hydrogens (tertiary/aromatic N) is 5. The van der Waals surface area contributed by atoms with Crippen molar-refractivity contribution in [3.8, 4) is 11.3 Å². The molecule has 0 bridgehead atoms. The summed E-state index contributed by atoms with van der Waals surface area (Å²) in [5.41, 5.74) is 6.43. The van der Waals surface area contributed by atoms with E-state index in [1.807, 2.05) is 23.0 Å². The summed E-state index contributed by atoms with van der Waals surface area (Å²) in [4.78, 5) is 11.9. The molecule has 0 unspecified atom stereocenters. The van der Waals surface area contributed by atoms with Crippen molar-refractivity contribution in [1.82, 2.24) is 24.6 Å². The van der Waals surface area contributed by atoms with Crippen LogP contribution in [0.4, 0.5) is 17.2 Å². The summed E-state index contributed by atoms with van der Waals surface area (Å²) in [7, 11) is 0. The van der Waals surface area contributed by atoms with Crippen LogP contribution >= 0.6 is 0 Å². The Morgan fingerprint density at radius 2 is 1.88 bits per heavy atom. The molecule has 2 aliphatic heterocycles. The Labute approximate surface area is 196 Å². The maximum atomic E-state index is 5.46. The minimum atomic E-state index is 0.454. The minimum absolute atomic E-state index is 0.454. The molecule has 0 atom stereocenters. The fourth-order valence-electron chi connectivity index (χ4n) is 5.05. The van der Waals surface area contributed by atoms with E-state index in [4.69, 9.17) is 9.72 Å². The average molecular weight is 452 g/mol. The molecule has 34 heavy (non-hydrogen) atoms. The zero-order valence-corrected chi connectivity index (χ0v) is 18.7. The van der Waals surface area contributed by atoms with Gasteiger partial charge in [0.25, 0.3) is 0 Å². The summed E-state index contributed by atoms with van der Waals surface area (Å²) in [6, 6.07) is 14.8. The number of fused-ring (bicyclic) bond motifs is 2. The number of piperidine rings is 1. The lowest BCUT2D eigenvalue weighted by Crippen LogP contribution is -2.50. The van der Waals surface area contributed by atoms with Crippen LogP contribution in [-0.4, -0.2) is 50.9 Å². The summed E-state index contributed by atoms with van der Waals surface area (Å²) in [6.45, 7) is 4.07. The number of rotatable bonds is 4. The SMILES string of the molecule is c1cn2cc(-c3ccc4cn[nH]c4c3)nc2c(Nc2ccc(N3CCC4(CC3)COC4)cc2)n1. The second-order valence-corrected chi connectivity index (χ2v) is 9.46. The van der Waals surface area contributed by atoms with E-state index in [1.165, 1.54) is 18.5 Å². The largest absolute Gasteiger partial charge is 0.380 e. The van der Waals surface area contributed by atoms with Gasteiger partial charge in [0.1, 0.15) is 0 Å². The van der Waals surface area contributed by atoms with E-state index in [0.717, 1.165) is 65.6 Å². The van der Waals surface area contributed by atoms with Crippen molar-refractivity contribution in [3.63, 3.8) is 0 Å². The van der Waals surface area contributed by atoms with E-state index >= 15 is 0 Å². The highest BCUT2D eigenvalue weighted by atomic mass is 16.5. The molecule has 0 aliphatic carbocycles. The van der Waals surface area contributed by atoms with E-state index in [9.17, 15) is 0 Å². The molecule has 0 radical (unpaired) electrons. The van der Waals surface area contributed by atoms with E-state index in [2.05, 4.69) is 67.9 Å². The fraction of sp³-hybridized carbons (Fsp3) is 0.269. The van der Waals surface area contributed by atoms with Gasteiger partial charge in [-0.1, -0.05) is 12.1 Å². The van der Waals surface area contributed by atoms with E-state index in [0.29, 0.717) is 5.41 Å². The molecule has 2 fully saturated rings. The number of benzene rings is 2. The third kappa shape index (κ3) is 3.30. The maximum absolute atomic E-state index is 5.46. The summed E-state index contributed by atoms with van der Waals surface area (Å²) >= 11 is 0. The Kier molecular flexibility index (Phi) is 4.35. The Morgan fingerprint density at radius 1 is 1.03 bits per heavy atom. The van der Waals surface area contributed by atoms with Crippen LogP contribution in [0.2, 0.25) is 0 Å². The first-order valence-corrected chi connectivity index (χ1v) is 11.7. The van der Waals surface area contributed by atoms with Crippen LogP contribution in [-0.2, 0) is 4.74 Å². The lowest BCUT2D eigenvalue weighted by Gasteiger charge is -2.47. The molecule has 2 N–H and O–H groups in total. The van der Waals surface area contributed by atoms with Gasteiger partial charge in [0.15, 0.2) is 11.5 Å². The van der Waals surface area contributed by atoms with Gasteiger partial charge in [-0.2, -0.15) is 5.10 Å². The van der Waals surface area contributed by atoms with Gasteiger partial charge >= 0.3 is 0 Å². The first-order chi connectivity index (χ1) is 16.7. The normalized spacial score (nSPS) is 17.4. The molecule has 0 amide bonds. The fourth-order valence-corrected chi connectivity index (χ4v) is 5.05. The van der Waals surface area contributed by atoms with Crippen LogP contribution in [0, 0.1) is 5.41 Å². The van der Waals surface area contributed by atoms with Gasteiger partial charge in [0.05, 0.1) is 30.6 Å². The summed E-state index contributed by atoms with van der Waals surface area (Å²) in [6.07, 6.45) is 10.00. The number of aromatic amines is 1. The Hall–Kier alpha value is -3.91. The number of aromatic nitrogens is 5. The lowest BCUT2D eigenvalue weighted by atomic mass is 9.77. The molecule has 2 aromatic carbocycles. The van der Waals surface area contributed by atoms with Crippen LogP contribution in [0.3, 0.4) is 0 Å². The molecule has 2 aliphatic rings. The number of imidazole rings is 1. The monoisotopic (exact) mass is 451 g/mol. The van der Waals surface area contributed by atoms with Gasteiger partial charge in [0, 0.05) is 59.4 Å². The van der Waals surface area contributed by atoms with Crippen molar-refractivity contribution in [2.24, 2.45) is 5.41 Å². The van der Waals surface area contributed by atoms with Gasteiger partial charge in [-0.3, -0.25) is 5.10 Å². The number of nitrogens with one attached hydrogen (secondary N) is 2. The number of hydrogen-bond acceptors (Lipinski definition) is 6. The van der Waals surface area contributed by atoms with Crippen molar-refractivity contribution in [2.45, 2.75) is 12.8 Å². The van der Waals surface area contributed by atoms with Crippen LogP contribution in [0.15, 0.2) is 67.3 Å². The molecule has 170 valence electrons. The first kappa shape index (κ1) is 19.5. The Bertz CT molecular complexity index is 1470. The van der Waals surface area contributed by atoms with Gasteiger partial charge in [-0.05, 0) is 43.2 Å². The summed E-state index contributed by atoms with van der Waals surface area (Å²) in [5, 5.41) is 11.7. The van der Waals surface area contributed by atoms with Crippen molar-refractivity contribution < 1.29 is 4.74 Å². The molecule has 8 heteroatoms. The highest BCUT2D eigenvalue weighted by Crippen LogP contribution is 2.39. The number of hydrogen-bond donors (Lipinski definition) is 2. The minimum Gasteiger partial charge on any atom is -0.380 e. The molecule has 1 spiro atoms. The lowest BCUT2D eigenvalue weighted by molar-refractivity contribution is -0.124. The highest BCUT2D eigenvalue weighted by molar-refractivity contribution is 5.84. The number of ether oxygens (including phenoxy) is 1. The predicted molar refractivity (Wildman–Crippen MR) is 132 cm³/mol. The zero-order valence-electron chi connectivity index (χ0n) is 18.7. The van der Waals surface area contributed by atoms with Crippen molar-refractivity contribution in [1.29, 1.82) is 0 Å². The molecule has 3 aromatic heterocycles. The zero-order chi connectivity index (χ0) is 22.5. The standard InChI is InChI=1S/C26H25N7O/c1-2-19-14-28-31-22(19)13-18(1)23-15-33-12-9-27-24(25(33)30-23)29-20-3-5-21(6-4-20)32-10-7-26(8-11-32)16-34-17-26/h1-6,9,12-15H,7-8,10-11,16-17H2,(H,27,29)(H,28,31). The van der Waals surface area contributed by atoms with Crippen LogP contribution in [0.1, 0.15) is 12.8 Å². The molecule has 5 aromatic rings. The molecular formula is C26H25N7O. The third-order valence-corrected chi connectivity index (χ3v) is 7.25. The second-order valence-electron chi connectivity index (χ2n) is 9.46. The van der Waals surface area contributed by atoms with Gasteiger partial charge < -0.3 is 19.4 Å². The van der Waals surface area contributed by atoms with E-state index in [1.54, 1.807) is 6.20 Å². The molecule has 8 nitrogen and oxygen atoms in total. The third-order valence-electron chi connectivity index (χ3n) is 7.25. The van der Waals surface area contributed by atoms with Gasteiger partial charge in [-0.25, -0.2) is 9.97 Å². The van der Waals surface area contributed by atoms with Crippen LogP contribution in [0.25, 0.3) is 27.8 Å². The van der Waals surface area contributed by atoms with Crippen LogP contribution in [0.5, 0.6) is 0 Å². The van der Waals surface area contributed by atoms with Crippen molar-refractivity contribution >= 4 is 33.7 Å². The summed E-state index contributed by atoms with van der Waals surface area (Å²) < 4.78 is 7.46. The van der Waals surface area contributed by atoms with Crippen molar-refractivity contribution in [3.05, 3.63) is 67.3 Å². The molecular weight excluding hydrogens is 426 g/mol. The van der Waals surface area contributed by atoms with E-state index in [-0.39, 0.29) is 0 Å². The van der Waals surface area contributed by atoms with Crippen molar-refractivity contribution in [2.75, 3.05) is 36.5 Å². The van der Waals surface area contributed by atoms with Crippen LogP contribution < -0.4 is 10.2 Å². The number of anilines is 3. The van der Waals surface area contributed by atoms with Gasteiger partial charge in [0.2, 0.25) is 0 Å². The topological polar surface area (TPSA) is 83.4 Å². The second kappa shape index (κ2) is 7.56. The highest BCUT2D eigenvalue weighted by Gasteiger charge is 2.41. The summed E-state index contributed by atoms with van der Waals surface area (Å²) in [5.74, 6) is 0.731. The maximum Gasteiger partial charge on any atom is 0.181 e. The molecule has 7 rings (SSSR count). The molecule has 5 heterocycles. The predicted octanol–water partition coefficient (Wildman–Crippen LogP) is 4.63. The average Bonchev–Trinajstić information content (AvgIpc) is 3.51.